The number of halogens is 1. The van der Waals surface area contributed by atoms with E-state index in [1.54, 1.807) is 0 Å². The van der Waals surface area contributed by atoms with E-state index in [0.29, 0.717) is 26.2 Å². The maximum atomic E-state index is 13.9. The van der Waals surface area contributed by atoms with Crippen LogP contribution < -0.4 is 0 Å². The molecule has 1 fully saturated rings. The Morgan fingerprint density at radius 3 is 2.86 bits per heavy atom. The first-order chi connectivity index (χ1) is 10.1. The van der Waals surface area contributed by atoms with E-state index in [-0.39, 0.29) is 23.6 Å². The van der Waals surface area contributed by atoms with Gasteiger partial charge >= 0.3 is 0 Å². The topological polar surface area (TPSA) is 66.8 Å². The molecule has 1 saturated heterocycles. The van der Waals surface area contributed by atoms with Crippen LogP contribution in [0.4, 0.5) is 4.39 Å². The van der Waals surface area contributed by atoms with E-state index in [1.807, 2.05) is 0 Å². The first-order valence-electron chi connectivity index (χ1n) is 6.53. The van der Waals surface area contributed by atoms with E-state index in [9.17, 15) is 12.8 Å². The number of benzene rings is 1. The van der Waals surface area contributed by atoms with Gasteiger partial charge in [0.2, 0.25) is 10.0 Å². The molecule has 1 aromatic rings. The standard InChI is InChI=1S/C14H16FNO4S/c15-14-11-13(5-4-12(14)3-1-8-17)21(18,19)16-6-2-9-20-10-7-16/h4-5,11,17H,2,6-10H2. The van der Waals surface area contributed by atoms with E-state index in [4.69, 9.17) is 9.84 Å². The number of aliphatic hydroxyl groups is 1. The molecule has 21 heavy (non-hydrogen) atoms. The number of hydrogen-bond donors (Lipinski definition) is 1. The highest BCUT2D eigenvalue weighted by Gasteiger charge is 2.26. The molecule has 1 aromatic carbocycles. The smallest absolute Gasteiger partial charge is 0.243 e. The molecule has 114 valence electrons. The molecule has 0 unspecified atom stereocenters. The minimum Gasteiger partial charge on any atom is -0.384 e. The van der Waals surface area contributed by atoms with Crippen LogP contribution in [0.5, 0.6) is 0 Å². The van der Waals surface area contributed by atoms with Crippen LogP contribution in [0.15, 0.2) is 23.1 Å². The van der Waals surface area contributed by atoms with Crippen molar-refractivity contribution >= 4 is 10.0 Å². The maximum absolute atomic E-state index is 13.9. The lowest BCUT2D eigenvalue weighted by Gasteiger charge is -2.19. The normalized spacial score (nSPS) is 16.9. The Hall–Kier alpha value is -1.46. The van der Waals surface area contributed by atoms with Gasteiger partial charge < -0.3 is 9.84 Å². The summed E-state index contributed by atoms with van der Waals surface area (Å²) in [4.78, 5) is -0.101. The molecule has 0 amide bonds. The fourth-order valence-electron chi connectivity index (χ4n) is 2.01. The molecule has 0 radical (unpaired) electrons. The number of aliphatic hydroxyl groups excluding tert-OH is 1. The predicted molar refractivity (Wildman–Crippen MR) is 74.6 cm³/mol. The second-order valence-electron chi connectivity index (χ2n) is 4.47. The minimum atomic E-state index is -3.73. The Kier molecular flexibility index (Phi) is 5.31. The molecule has 2 rings (SSSR count). The van der Waals surface area contributed by atoms with Crippen molar-refractivity contribution < 1.29 is 22.7 Å². The van der Waals surface area contributed by atoms with Crippen molar-refractivity contribution in [2.24, 2.45) is 0 Å². The second-order valence-corrected chi connectivity index (χ2v) is 6.41. The monoisotopic (exact) mass is 313 g/mol. The summed E-state index contributed by atoms with van der Waals surface area (Å²) in [6.07, 6.45) is 0.613. The summed E-state index contributed by atoms with van der Waals surface area (Å²) < 4.78 is 45.3. The average Bonchev–Trinajstić information content (AvgIpc) is 2.75. The zero-order chi connectivity index (χ0) is 15.3. The summed E-state index contributed by atoms with van der Waals surface area (Å²) in [5.41, 5.74) is 0.0576. The van der Waals surface area contributed by atoms with Gasteiger partial charge in [-0.1, -0.05) is 11.8 Å². The molecule has 0 spiro atoms. The second kappa shape index (κ2) is 7.00. The SMILES string of the molecule is O=S(=O)(c1ccc(C#CCO)c(F)c1)N1CCCOCC1. The number of sulfonamides is 1. The van der Waals surface area contributed by atoms with Crippen LogP contribution in [0.25, 0.3) is 0 Å². The van der Waals surface area contributed by atoms with Crippen LogP contribution in [0.2, 0.25) is 0 Å². The fourth-order valence-corrected chi connectivity index (χ4v) is 3.48. The van der Waals surface area contributed by atoms with E-state index in [2.05, 4.69) is 11.8 Å². The molecule has 1 heterocycles. The number of nitrogens with zero attached hydrogens (tertiary/aromatic N) is 1. The van der Waals surface area contributed by atoms with Crippen molar-refractivity contribution in [1.29, 1.82) is 0 Å². The lowest BCUT2D eigenvalue weighted by atomic mass is 10.2. The van der Waals surface area contributed by atoms with Gasteiger partial charge in [0, 0.05) is 19.7 Å². The highest BCUT2D eigenvalue weighted by molar-refractivity contribution is 7.89. The predicted octanol–water partition coefficient (Wildman–Crippen LogP) is 0.581. The highest BCUT2D eigenvalue weighted by Crippen LogP contribution is 2.19. The molecule has 1 aliphatic heterocycles. The summed E-state index contributed by atoms with van der Waals surface area (Å²) >= 11 is 0. The number of ether oxygens (including phenoxy) is 1. The summed E-state index contributed by atoms with van der Waals surface area (Å²) in [5, 5.41) is 8.59. The van der Waals surface area contributed by atoms with Gasteiger partial charge in [-0.2, -0.15) is 4.31 Å². The van der Waals surface area contributed by atoms with Gasteiger partial charge in [0.1, 0.15) is 12.4 Å². The molecule has 5 nitrogen and oxygen atoms in total. The minimum absolute atomic E-state index is 0.0576. The van der Waals surface area contributed by atoms with Crippen LogP contribution in [-0.2, 0) is 14.8 Å². The van der Waals surface area contributed by atoms with E-state index >= 15 is 0 Å². The quantitative estimate of drug-likeness (QED) is 0.811. The van der Waals surface area contributed by atoms with Crippen molar-refractivity contribution in [1.82, 2.24) is 4.31 Å². The van der Waals surface area contributed by atoms with Crippen LogP contribution in [-0.4, -0.2) is 50.7 Å². The van der Waals surface area contributed by atoms with Gasteiger partial charge in [-0.25, -0.2) is 12.8 Å². The number of hydrogen-bond acceptors (Lipinski definition) is 4. The molecule has 0 aromatic heterocycles. The van der Waals surface area contributed by atoms with Crippen molar-refractivity contribution in [2.45, 2.75) is 11.3 Å². The summed E-state index contributed by atoms with van der Waals surface area (Å²) in [6.45, 7) is 1.09. The zero-order valence-electron chi connectivity index (χ0n) is 11.4. The molecular weight excluding hydrogens is 297 g/mol. The van der Waals surface area contributed by atoms with Gasteiger partial charge in [-0.05, 0) is 24.6 Å². The Balaban J connectivity index is 2.29. The van der Waals surface area contributed by atoms with Crippen LogP contribution >= 0.6 is 0 Å². The van der Waals surface area contributed by atoms with Gasteiger partial charge in [0.15, 0.2) is 0 Å². The molecule has 1 N–H and O–H groups in total. The largest absolute Gasteiger partial charge is 0.384 e. The van der Waals surface area contributed by atoms with Gasteiger partial charge in [0.05, 0.1) is 17.1 Å². The zero-order valence-corrected chi connectivity index (χ0v) is 12.2. The molecular formula is C14H16FNO4S. The Morgan fingerprint density at radius 2 is 2.14 bits per heavy atom. The molecule has 0 bridgehead atoms. The molecule has 1 aliphatic rings. The van der Waals surface area contributed by atoms with Crippen molar-refractivity contribution in [2.75, 3.05) is 32.9 Å². The Morgan fingerprint density at radius 1 is 1.33 bits per heavy atom. The van der Waals surface area contributed by atoms with Crippen LogP contribution in [0.1, 0.15) is 12.0 Å². The lowest BCUT2D eigenvalue weighted by molar-refractivity contribution is 0.148. The number of rotatable bonds is 2. The summed E-state index contributed by atoms with van der Waals surface area (Å²) in [5.74, 6) is 4.03. The van der Waals surface area contributed by atoms with Crippen molar-refractivity contribution in [3.63, 3.8) is 0 Å². The molecule has 0 atom stereocenters. The Bertz CT molecular complexity index is 655. The van der Waals surface area contributed by atoms with Gasteiger partial charge in [-0.15, -0.1) is 0 Å². The Labute approximate surface area is 123 Å². The third-order valence-corrected chi connectivity index (χ3v) is 4.96. The van der Waals surface area contributed by atoms with Crippen molar-refractivity contribution in [3.05, 3.63) is 29.6 Å². The first-order valence-corrected chi connectivity index (χ1v) is 7.97. The van der Waals surface area contributed by atoms with Gasteiger partial charge in [-0.3, -0.25) is 0 Å². The third kappa shape index (κ3) is 3.80. The van der Waals surface area contributed by atoms with Crippen LogP contribution in [0, 0.1) is 17.7 Å². The summed E-state index contributed by atoms with van der Waals surface area (Å²) in [6, 6.07) is 3.59. The summed E-state index contributed by atoms with van der Waals surface area (Å²) in [7, 11) is -3.73. The molecule has 0 aliphatic carbocycles. The fraction of sp³-hybridized carbons (Fsp3) is 0.429. The first kappa shape index (κ1) is 15.9. The highest BCUT2D eigenvalue weighted by atomic mass is 32.2. The molecule has 0 saturated carbocycles. The van der Waals surface area contributed by atoms with Crippen LogP contribution in [0.3, 0.4) is 0 Å². The van der Waals surface area contributed by atoms with E-state index < -0.39 is 15.8 Å². The van der Waals surface area contributed by atoms with E-state index in [0.717, 1.165) is 6.07 Å². The third-order valence-electron chi connectivity index (χ3n) is 3.06. The maximum Gasteiger partial charge on any atom is 0.243 e. The van der Waals surface area contributed by atoms with Gasteiger partial charge in [0.25, 0.3) is 0 Å². The lowest BCUT2D eigenvalue weighted by Crippen LogP contribution is -2.33. The van der Waals surface area contributed by atoms with E-state index in [1.165, 1.54) is 16.4 Å². The molecule has 7 heteroatoms. The van der Waals surface area contributed by atoms with Crippen molar-refractivity contribution in [3.8, 4) is 11.8 Å². The average molecular weight is 313 g/mol.